The highest BCUT2D eigenvalue weighted by Crippen LogP contribution is 2.22. The van der Waals surface area contributed by atoms with Gasteiger partial charge in [-0.2, -0.15) is 5.10 Å². The molecule has 1 N–H and O–H groups in total. The molecule has 0 fully saturated rings. The number of sulfone groups is 1. The van der Waals surface area contributed by atoms with Gasteiger partial charge in [0.15, 0.2) is 5.82 Å². The smallest absolute Gasteiger partial charge is 0.212 e. The Hall–Kier alpha value is -1.58. The topological polar surface area (TPSA) is 88.6 Å². The van der Waals surface area contributed by atoms with Crippen molar-refractivity contribution in [3.8, 4) is 10.7 Å². The molecule has 3 aromatic rings. The van der Waals surface area contributed by atoms with Crippen LogP contribution in [0, 0.1) is 0 Å². The van der Waals surface area contributed by atoms with E-state index in [-0.39, 0.29) is 10.1 Å². The molecule has 0 aliphatic heterocycles. The van der Waals surface area contributed by atoms with Gasteiger partial charge in [-0.15, -0.1) is 22.7 Å². The zero-order chi connectivity index (χ0) is 13.3. The zero-order valence-corrected chi connectivity index (χ0v) is 11.9. The molecule has 0 bridgehead atoms. The number of aromatic amines is 1. The molecule has 0 radical (unpaired) electrons. The Kier molecular flexibility index (Phi) is 3.17. The predicted molar refractivity (Wildman–Crippen MR) is 72.7 cm³/mol. The highest BCUT2D eigenvalue weighted by atomic mass is 32.2. The third-order valence-electron chi connectivity index (χ3n) is 2.28. The first-order valence-electron chi connectivity index (χ1n) is 5.22. The highest BCUT2D eigenvalue weighted by Gasteiger charge is 2.20. The van der Waals surface area contributed by atoms with Crippen molar-refractivity contribution in [2.24, 2.45) is 0 Å². The van der Waals surface area contributed by atoms with E-state index in [0.29, 0.717) is 11.6 Å². The number of hydrogen-bond acceptors (Lipinski definition) is 7. The number of rotatable bonds is 4. The van der Waals surface area contributed by atoms with Gasteiger partial charge in [-0.05, 0) is 11.4 Å². The summed E-state index contributed by atoms with van der Waals surface area (Å²) in [6.07, 6.45) is 1.47. The van der Waals surface area contributed by atoms with E-state index < -0.39 is 9.84 Å². The molecule has 9 heteroatoms. The minimum Gasteiger partial charge on any atom is -0.262 e. The molecule has 0 aliphatic rings. The van der Waals surface area contributed by atoms with Gasteiger partial charge in [-0.1, -0.05) is 6.07 Å². The number of hydrogen-bond donors (Lipinski definition) is 1. The highest BCUT2D eigenvalue weighted by molar-refractivity contribution is 7.92. The van der Waals surface area contributed by atoms with Crippen LogP contribution in [0.3, 0.4) is 0 Å². The number of thiazole rings is 1. The van der Waals surface area contributed by atoms with Crippen molar-refractivity contribution in [1.29, 1.82) is 0 Å². The molecule has 98 valence electrons. The molecule has 0 unspecified atom stereocenters. The first-order chi connectivity index (χ1) is 9.15. The second-order valence-electron chi connectivity index (χ2n) is 3.64. The van der Waals surface area contributed by atoms with E-state index in [1.165, 1.54) is 17.5 Å². The number of aromatic nitrogens is 4. The van der Waals surface area contributed by atoms with Crippen LogP contribution in [0.25, 0.3) is 10.7 Å². The quantitative estimate of drug-likeness (QED) is 0.795. The van der Waals surface area contributed by atoms with Gasteiger partial charge in [0.1, 0.15) is 11.6 Å². The van der Waals surface area contributed by atoms with Gasteiger partial charge in [0.2, 0.25) is 14.2 Å². The third-order valence-corrected chi connectivity index (χ3v) is 6.05. The molecule has 0 spiro atoms. The normalized spacial score (nSPS) is 11.8. The fourth-order valence-electron chi connectivity index (χ4n) is 1.48. The SMILES string of the molecule is O=S(=O)(Cc1nc(-c2cccs2)n[nH]1)c1nccs1. The maximum atomic E-state index is 12.0. The Morgan fingerprint density at radius 3 is 2.84 bits per heavy atom. The molecule has 3 aromatic heterocycles. The molecular weight excluding hydrogens is 304 g/mol. The maximum Gasteiger partial charge on any atom is 0.212 e. The summed E-state index contributed by atoms with van der Waals surface area (Å²) in [6, 6.07) is 3.77. The lowest BCUT2D eigenvalue weighted by Crippen LogP contribution is -2.05. The summed E-state index contributed by atoms with van der Waals surface area (Å²) >= 11 is 2.59. The Morgan fingerprint density at radius 2 is 2.16 bits per heavy atom. The fraction of sp³-hybridized carbons (Fsp3) is 0.100. The molecule has 6 nitrogen and oxygen atoms in total. The Labute approximate surface area is 117 Å². The summed E-state index contributed by atoms with van der Waals surface area (Å²) in [7, 11) is -3.45. The summed E-state index contributed by atoms with van der Waals surface area (Å²) in [5.74, 6) is 0.608. The van der Waals surface area contributed by atoms with Gasteiger partial charge in [-0.3, -0.25) is 5.10 Å². The van der Waals surface area contributed by atoms with Gasteiger partial charge in [0.05, 0.1) is 4.88 Å². The van der Waals surface area contributed by atoms with Crippen molar-refractivity contribution < 1.29 is 8.42 Å². The van der Waals surface area contributed by atoms with Crippen molar-refractivity contribution in [3.05, 3.63) is 34.9 Å². The molecule has 0 atom stereocenters. The number of thiophene rings is 1. The minimum absolute atomic E-state index is 0.0987. The zero-order valence-electron chi connectivity index (χ0n) is 9.48. The Morgan fingerprint density at radius 1 is 1.26 bits per heavy atom. The van der Waals surface area contributed by atoms with Crippen LogP contribution in [-0.4, -0.2) is 28.6 Å². The average molecular weight is 312 g/mol. The molecule has 3 heterocycles. The number of nitrogens with one attached hydrogen (secondary N) is 1. The number of nitrogens with zero attached hydrogens (tertiary/aromatic N) is 3. The molecule has 0 aromatic carbocycles. The standard InChI is InChI=1S/C10H8N4O2S3/c15-19(16,10-11-3-5-18-10)6-8-12-9(14-13-8)7-2-1-4-17-7/h1-5H,6H2,(H,12,13,14). The molecule has 19 heavy (non-hydrogen) atoms. The maximum absolute atomic E-state index is 12.0. The van der Waals surface area contributed by atoms with Crippen LogP contribution in [0.1, 0.15) is 5.82 Å². The summed E-state index contributed by atoms with van der Waals surface area (Å²) in [4.78, 5) is 8.90. The van der Waals surface area contributed by atoms with Crippen LogP contribution < -0.4 is 0 Å². The summed E-state index contributed by atoms with van der Waals surface area (Å²) < 4.78 is 24.1. The van der Waals surface area contributed by atoms with Crippen molar-refractivity contribution >= 4 is 32.5 Å². The van der Waals surface area contributed by atoms with Gasteiger partial charge in [0, 0.05) is 11.6 Å². The largest absolute Gasteiger partial charge is 0.262 e. The van der Waals surface area contributed by atoms with E-state index >= 15 is 0 Å². The molecule has 0 aliphatic carbocycles. The van der Waals surface area contributed by atoms with Crippen molar-refractivity contribution in [2.45, 2.75) is 10.1 Å². The summed E-state index contributed by atoms with van der Waals surface area (Å²) in [6.45, 7) is 0. The molecule has 0 saturated heterocycles. The Bertz CT molecular complexity index is 760. The van der Waals surface area contributed by atoms with Crippen molar-refractivity contribution in [3.63, 3.8) is 0 Å². The van der Waals surface area contributed by atoms with E-state index in [9.17, 15) is 8.42 Å². The average Bonchev–Trinajstić information content (AvgIpc) is 3.11. The fourth-order valence-corrected chi connectivity index (χ4v) is 4.26. The second-order valence-corrected chi connectivity index (χ2v) is 7.65. The molecule has 0 amide bonds. The van der Waals surface area contributed by atoms with Crippen LogP contribution >= 0.6 is 22.7 Å². The molecule has 3 rings (SSSR count). The van der Waals surface area contributed by atoms with E-state index in [0.717, 1.165) is 16.2 Å². The lowest BCUT2D eigenvalue weighted by molar-refractivity contribution is 0.593. The summed E-state index contributed by atoms with van der Waals surface area (Å²) in [5.41, 5.74) is 0. The van der Waals surface area contributed by atoms with Gasteiger partial charge in [-0.25, -0.2) is 18.4 Å². The second kappa shape index (κ2) is 4.83. The first kappa shape index (κ1) is 12.5. The van der Waals surface area contributed by atoms with E-state index in [4.69, 9.17) is 0 Å². The lowest BCUT2D eigenvalue weighted by atomic mass is 10.4. The minimum atomic E-state index is -3.45. The van der Waals surface area contributed by atoms with Crippen molar-refractivity contribution in [2.75, 3.05) is 0 Å². The van der Waals surface area contributed by atoms with Crippen molar-refractivity contribution in [1.82, 2.24) is 20.2 Å². The van der Waals surface area contributed by atoms with Crippen LogP contribution in [0.15, 0.2) is 33.4 Å². The van der Waals surface area contributed by atoms with E-state index in [1.807, 2.05) is 17.5 Å². The number of H-pyrrole nitrogens is 1. The molecular formula is C10H8N4O2S3. The summed E-state index contributed by atoms with van der Waals surface area (Å²) in [5, 5.41) is 10.2. The van der Waals surface area contributed by atoms with Gasteiger partial charge < -0.3 is 0 Å². The third kappa shape index (κ3) is 2.57. The predicted octanol–water partition coefficient (Wildman–Crippen LogP) is 1.96. The van der Waals surface area contributed by atoms with E-state index in [1.54, 1.807) is 5.38 Å². The Balaban J connectivity index is 1.85. The monoisotopic (exact) mass is 312 g/mol. The van der Waals surface area contributed by atoms with Crippen LogP contribution in [0.4, 0.5) is 0 Å². The van der Waals surface area contributed by atoms with E-state index in [2.05, 4.69) is 20.2 Å². The molecule has 0 saturated carbocycles. The first-order valence-corrected chi connectivity index (χ1v) is 8.64. The van der Waals surface area contributed by atoms with Crippen LogP contribution in [-0.2, 0) is 15.6 Å². The van der Waals surface area contributed by atoms with Gasteiger partial charge >= 0.3 is 0 Å². The van der Waals surface area contributed by atoms with Gasteiger partial charge in [0.25, 0.3) is 0 Å². The van der Waals surface area contributed by atoms with Crippen LogP contribution in [0.5, 0.6) is 0 Å². The lowest BCUT2D eigenvalue weighted by Gasteiger charge is -1.96. The van der Waals surface area contributed by atoms with Crippen LogP contribution in [0.2, 0.25) is 0 Å².